The highest BCUT2D eigenvalue weighted by Crippen LogP contribution is 2.40. The second-order valence-corrected chi connectivity index (χ2v) is 8.30. The molecule has 154 valence electrons. The molecular weight excluding hydrogens is 344 g/mol. The SMILES string of the molecule is CCOc1cc(NC(=O)NC(C)(C)CC(C)(C)C)cc(OCC)c1OCC. The van der Waals surface area contributed by atoms with Gasteiger partial charge < -0.3 is 24.8 Å². The maximum Gasteiger partial charge on any atom is 0.319 e. The highest BCUT2D eigenvalue weighted by Gasteiger charge is 2.27. The Hall–Kier alpha value is -2.11. The van der Waals surface area contributed by atoms with E-state index in [1.807, 2.05) is 34.6 Å². The van der Waals surface area contributed by atoms with Crippen LogP contribution < -0.4 is 24.8 Å². The first-order chi connectivity index (χ1) is 12.5. The van der Waals surface area contributed by atoms with Gasteiger partial charge in [0.2, 0.25) is 5.75 Å². The van der Waals surface area contributed by atoms with Gasteiger partial charge in [0, 0.05) is 17.7 Å². The molecule has 0 atom stereocenters. The van der Waals surface area contributed by atoms with E-state index in [9.17, 15) is 4.79 Å². The molecule has 0 heterocycles. The van der Waals surface area contributed by atoms with Gasteiger partial charge in [0.05, 0.1) is 25.5 Å². The van der Waals surface area contributed by atoms with Crippen molar-refractivity contribution in [2.24, 2.45) is 5.41 Å². The minimum Gasteiger partial charge on any atom is -0.490 e. The lowest BCUT2D eigenvalue weighted by Gasteiger charge is -2.33. The number of carbonyl (C=O) groups is 1. The molecule has 0 fully saturated rings. The summed E-state index contributed by atoms with van der Waals surface area (Å²) in [5.41, 5.74) is 0.369. The third kappa shape index (κ3) is 7.97. The van der Waals surface area contributed by atoms with Gasteiger partial charge >= 0.3 is 6.03 Å². The van der Waals surface area contributed by atoms with Crippen LogP contribution in [0.25, 0.3) is 0 Å². The lowest BCUT2D eigenvalue weighted by molar-refractivity contribution is 0.220. The molecule has 6 heteroatoms. The second kappa shape index (κ2) is 9.72. The third-order valence-electron chi connectivity index (χ3n) is 3.59. The zero-order valence-corrected chi connectivity index (χ0v) is 18.1. The van der Waals surface area contributed by atoms with E-state index in [2.05, 4.69) is 31.4 Å². The molecule has 0 unspecified atom stereocenters. The maximum atomic E-state index is 12.5. The molecule has 1 aromatic carbocycles. The molecule has 1 aromatic rings. The Kier molecular flexibility index (Phi) is 8.25. The van der Waals surface area contributed by atoms with Gasteiger partial charge in [0.1, 0.15) is 0 Å². The van der Waals surface area contributed by atoms with Gasteiger partial charge in [-0.2, -0.15) is 0 Å². The van der Waals surface area contributed by atoms with Gasteiger partial charge in [-0.15, -0.1) is 0 Å². The van der Waals surface area contributed by atoms with E-state index in [4.69, 9.17) is 14.2 Å². The van der Waals surface area contributed by atoms with E-state index in [1.165, 1.54) is 0 Å². The first-order valence-corrected chi connectivity index (χ1v) is 9.67. The van der Waals surface area contributed by atoms with Crippen LogP contribution in [0.1, 0.15) is 61.8 Å². The van der Waals surface area contributed by atoms with E-state index >= 15 is 0 Å². The van der Waals surface area contributed by atoms with Gasteiger partial charge in [0.25, 0.3) is 0 Å². The topological polar surface area (TPSA) is 68.8 Å². The van der Waals surface area contributed by atoms with Crippen LogP contribution in [0.5, 0.6) is 17.2 Å². The minimum absolute atomic E-state index is 0.111. The number of anilines is 1. The van der Waals surface area contributed by atoms with E-state index < -0.39 is 0 Å². The van der Waals surface area contributed by atoms with Crippen molar-refractivity contribution in [2.75, 3.05) is 25.1 Å². The molecule has 0 saturated carbocycles. The van der Waals surface area contributed by atoms with Crippen LogP contribution >= 0.6 is 0 Å². The summed E-state index contributed by atoms with van der Waals surface area (Å²) in [6.07, 6.45) is 0.852. The molecule has 27 heavy (non-hydrogen) atoms. The summed E-state index contributed by atoms with van der Waals surface area (Å²) in [5.74, 6) is 1.66. The Bertz CT molecular complexity index is 594. The van der Waals surface area contributed by atoms with Crippen molar-refractivity contribution in [3.63, 3.8) is 0 Å². The fourth-order valence-electron chi connectivity index (χ4n) is 3.30. The number of carbonyl (C=O) groups excluding carboxylic acids is 1. The summed E-state index contributed by atoms with van der Waals surface area (Å²) >= 11 is 0. The minimum atomic E-state index is -0.334. The normalized spacial score (nSPS) is 11.7. The second-order valence-electron chi connectivity index (χ2n) is 8.30. The number of rotatable bonds is 9. The summed E-state index contributed by atoms with van der Waals surface area (Å²) in [4.78, 5) is 12.5. The van der Waals surface area contributed by atoms with Crippen LogP contribution in [0, 0.1) is 5.41 Å². The molecule has 0 spiro atoms. The lowest BCUT2D eigenvalue weighted by atomic mass is 9.82. The molecule has 2 amide bonds. The van der Waals surface area contributed by atoms with Crippen LogP contribution in [-0.2, 0) is 0 Å². The van der Waals surface area contributed by atoms with Crippen LogP contribution in [-0.4, -0.2) is 31.4 Å². The first-order valence-electron chi connectivity index (χ1n) is 9.67. The van der Waals surface area contributed by atoms with E-state index in [0.717, 1.165) is 6.42 Å². The molecule has 0 saturated heterocycles. The number of benzene rings is 1. The van der Waals surface area contributed by atoms with Crippen LogP contribution in [0.15, 0.2) is 12.1 Å². The number of amides is 2. The fraction of sp³-hybridized carbons (Fsp3) is 0.667. The van der Waals surface area contributed by atoms with Crippen LogP contribution in [0.3, 0.4) is 0 Å². The third-order valence-corrected chi connectivity index (χ3v) is 3.59. The molecular formula is C21H36N2O4. The zero-order valence-electron chi connectivity index (χ0n) is 18.1. The highest BCUT2D eigenvalue weighted by atomic mass is 16.5. The Balaban J connectivity index is 3.03. The Morgan fingerprint density at radius 2 is 1.37 bits per heavy atom. The van der Waals surface area contributed by atoms with Gasteiger partial charge in [-0.3, -0.25) is 0 Å². The first kappa shape index (κ1) is 22.9. The van der Waals surface area contributed by atoms with Crippen molar-refractivity contribution < 1.29 is 19.0 Å². The maximum absolute atomic E-state index is 12.5. The standard InChI is InChI=1S/C21H36N2O4/c1-9-25-16-12-15(13-17(26-10-2)18(16)27-11-3)22-19(24)23-21(7,8)14-20(4,5)6/h12-13H,9-11,14H2,1-8H3,(H2,22,23,24). The highest BCUT2D eigenvalue weighted by molar-refractivity contribution is 5.90. The van der Waals surface area contributed by atoms with E-state index in [-0.39, 0.29) is 17.0 Å². The summed E-state index contributed by atoms with van der Waals surface area (Å²) in [7, 11) is 0. The molecule has 2 N–H and O–H groups in total. The van der Waals surface area contributed by atoms with Crippen molar-refractivity contribution >= 4 is 11.7 Å². The molecule has 0 radical (unpaired) electrons. The Labute approximate surface area is 164 Å². The number of urea groups is 1. The Morgan fingerprint density at radius 3 is 1.78 bits per heavy atom. The molecule has 0 bridgehead atoms. The molecule has 0 aliphatic carbocycles. The van der Waals surface area contributed by atoms with Crippen molar-refractivity contribution in [2.45, 2.75) is 67.3 Å². The summed E-state index contributed by atoms with van der Waals surface area (Å²) in [6, 6.07) is 3.25. The largest absolute Gasteiger partial charge is 0.490 e. The van der Waals surface area contributed by atoms with E-state index in [0.29, 0.717) is 42.8 Å². The predicted molar refractivity (Wildman–Crippen MR) is 110 cm³/mol. The molecule has 0 aliphatic heterocycles. The quantitative estimate of drug-likeness (QED) is 0.616. The van der Waals surface area contributed by atoms with Gasteiger partial charge in [-0.05, 0) is 46.5 Å². The monoisotopic (exact) mass is 380 g/mol. The van der Waals surface area contributed by atoms with Gasteiger partial charge in [0.15, 0.2) is 11.5 Å². The van der Waals surface area contributed by atoms with Gasteiger partial charge in [-0.25, -0.2) is 4.79 Å². The number of hydrogen-bond donors (Lipinski definition) is 2. The Morgan fingerprint density at radius 1 is 0.889 bits per heavy atom. The average Bonchev–Trinajstić information content (AvgIpc) is 2.47. The number of nitrogens with one attached hydrogen (secondary N) is 2. The lowest BCUT2D eigenvalue weighted by Crippen LogP contribution is -2.47. The summed E-state index contributed by atoms with van der Waals surface area (Å²) in [6.45, 7) is 17.7. The predicted octanol–water partition coefficient (Wildman–Crippen LogP) is 5.22. The molecule has 1 rings (SSSR count). The van der Waals surface area contributed by atoms with Crippen LogP contribution in [0.4, 0.5) is 10.5 Å². The smallest absolute Gasteiger partial charge is 0.319 e. The molecule has 6 nitrogen and oxygen atoms in total. The summed E-state index contributed by atoms with van der Waals surface area (Å²) in [5, 5.41) is 5.93. The van der Waals surface area contributed by atoms with Crippen molar-refractivity contribution in [1.82, 2.24) is 5.32 Å². The van der Waals surface area contributed by atoms with Crippen LogP contribution in [0.2, 0.25) is 0 Å². The van der Waals surface area contributed by atoms with Crippen molar-refractivity contribution in [3.8, 4) is 17.2 Å². The average molecular weight is 381 g/mol. The number of ether oxygens (including phenoxy) is 3. The summed E-state index contributed by atoms with van der Waals surface area (Å²) < 4.78 is 17.1. The number of hydrogen-bond acceptors (Lipinski definition) is 4. The van der Waals surface area contributed by atoms with Crippen molar-refractivity contribution in [3.05, 3.63) is 12.1 Å². The fourth-order valence-corrected chi connectivity index (χ4v) is 3.30. The molecule has 0 aliphatic rings. The molecule has 0 aromatic heterocycles. The van der Waals surface area contributed by atoms with Gasteiger partial charge in [-0.1, -0.05) is 20.8 Å². The van der Waals surface area contributed by atoms with Crippen molar-refractivity contribution in [1.29, 1.82) is 0 Å². The zero-order chi connectivity index (χ0) is 20.7. The van der Waals surface area contributed by atoms with E-state index in [1.54, 1.807) is 12.1 Å².